The zero-order valence-corrected chi connectivity index (χ0v) is 21.6. The first kappa shape index (κ1) is 27.3. The number of nitrogens with one attached hydrogen (secondary N) is 1. The molecule has 1 aliphatic heterocycles. The van der Waals surface area contributed by atoms with Gasteiger partial charge in [-0.2, -0.15) is 0 Å². The molecule has 8 heteroatoms. The maximum Gasteiger partial charge on any atom is 0.247 e. The number of benzene rings is 3. The van der Waals surface area contributed by atoms with Crippen molar-refractivity contribution in [3.63, 3.8) is 0 Å². The van der Waals surface area contributed by atoms with E-state index in [0.717, 1.165) is 30.5 Å². The van der Waals surface area contributed by atoms with E-state index in [1.807, 2.05) is 49.4 Å². The molecule has 3 aromatic carbocycles. The molecule has 38 heavy (non-hydrogen) atoms. The smallest absolute Gasteiger partial charge is 0.247 e. The van der Waals surface area contributed by atoms with Crippen LogP contribution in [0.5, 0.6) is 5.75 Å². The number of nitrogens with zero attached hydrogens (tertiary/aromatic N) is 1. The van der Waals surface area contributed by atoms with E-state index in [0.29, 0.717) is 30.0 Å². The van der Waals surface area contributed by atoms with Crippen molar-refractivity contribution in [2.75, 3.05) is 20.3 Å². The lowest BCUT2D eigenvalue weighted by molar-refractivity contribution is -0.141. The maximum atomic E-state index is 14.5. The number of methoxy groups -OCH3 is 1. The zero-order valence-electron chi connectivity index (χ0n) is 21.6. The van der Waals surface area contributed by atoms with Crippen molar-refractivity contribution >= 4 is 11.8 Å². The zero-order chi connectivity index (χ0) is 27.1. The molecule has 200 valence electrons. The van der Waals surface area contributed by atoms with Crippen LogP contribution in [0.3, 0.4) is 0 Å². The Morgan fingerprint density at radius 1 is 1.08 bits per heavy atom. The number of carbonyl (C=O) groups is 2. The van der Waals surface area contributed by atoms with Gasteiger partial charge in [-0.05, 0) is 43.0 Å². The van der Waals surface area contributed by atoms with Crippen molar-refractivity contribution < 1.29 is 27.8 Å². The Bertz CT molecular complexity index is 1260. The quantitative estimate of drug-likeness (QED) is 0.412. The van der Waals surface area contributed by atoms with Gasteiger partial charge in [-0.25, -0.2) is 8.78 Å². The third-order valence-corrected chi connectivity index (χ3v) is 6.69. The number of halogens is 2. The normalized spacial score (nSPS) is 15.6. The summed E-state index contributed by atoms with van der Waals surface area (Å²) in [5, 5.41) is 2.96. The summed E-state index contributed by atoms with van der Waals surface area (Å²) in [7, 11) is 1.53. The van der Waals surface area contributed by atoms with Crippen molar-refractivity contribution in [2.24, 2.45) is 0 Å². The number of hydrogen-bond acceptors (Lipinski definition) is 4. The first-order chi connectivity index (χ1) is 18.4. The summed E-state index contributed by atoms with van der Waals surface area (Å²) in [6.07, 6.45) is 1.36. The average Bonchev–Trinajstić information content (AvgIpc) is 3.44. The molecule has 4 rings (SSSR count). The molecule has 1 saturated heterocycles. The predicted octanol–water partition coefficient (Wildman–Crippen LogP) is 4.89. The molecule has 1 fully saturated rings. The summed E-state index contributed by atoms with van der Waals surface area (Å²) in [5.41, 5.74) is 2.35. The molecule has 2 atom stereocenters. The Morgan fingerprint density at radius 3 is 2.53 bits per heavy atom. The number of amides is 2. The second-order valence-corrected chi connectivity index (χ2v) is 9.44. The third-order valence-electron chi connectivity index (χ3n) is 6.69. The van der Waals surface area contributed by atoms with E-state index < -0.39 is 23.6 Å². The average molecular weight is 523 g/mol. The number of rotatable bonds is 10. The minimum atomic E-state index is -1.00. The molecule has 3 aromatic rings. The minimum Gasteiger partial charge on any atom is -0.496 e. The van der Waals surface area contributed by atoms with Crippen molar-refractivity contribution in [3.8, 4) is 5.75 Å². The Morgan fingerprint density at radius 2 is 1.84 bits per heavy atom. The lowest BCUT2D eigenvalue weighted by Crippen LogP contribution is -2.45. The number of carbonyl (C=O) groups excluding carboxylic acids is 2. The van der Waals surface area contributed by atoms with Crippen LogP contribution in [0.1, 0.15) is 41.1 Å². The van der Waals surface area contributed by atoms with E-state index in [1.165, 1.54) is 18.1 Å². The van der Waals surface area contributed by atoms with E-state index in [2.05, 4.69) is 5.32 Å². The Hall–Kier alpha value is -3.78. The van der Waals surface area contributed by atoms with Gasteiger partial charge in [0.25, 0.3) is 0 Å². The highest BCUT2D eigenvalue weighted by molar-refractivity contribution is 5.89. The van der Waals surface area contributed by atoms with Gasteiger partial charge in [0.05, 0.1) is 26.2 Å². The van der Waals surface area contributed by atoms with Crippen molar-refractivity contribution in [1.29, 1.82) is 0 Å². The molecule has 0 aromatic heterocycles. The first-order valence-corrected chi connectivity index (χ1v) is 12.7. The highest BCUT2D eigenvalue weighted by Crippen LogP contribution is 2.29. The molecule has 0 radical (unpaired) electrons. The highest BCUT2D eigenvalue weighted by atomic mass is 19.1. The molecule has 1 aliphatic rings. The fourth-order valence-electron chi connectivity index (χ4n) is 4.61. The van der Waals surface area contributed by atoms with Gasteiger partial charge >= 0.3 is 0 Å². The monoisotopic (exact) mass is 522 g/mol. The SMILES string of the molecule is COc1ccccc1CN(C(=O)Cc1ccc(F)cc1F)C(C(=O)NCC1CCCO1)c1ccc(C)cc1. The summed E-state index contributed by atoms with van der Waals surface area (Å²) in [6.45, 7) is 2.96. The molecule has 2 unspecified atom stereocenters. The topological polar surface area (TPSA) is 67.9 Å². The Labute approximate surface area is 221 Å². The summed E-state index contributed by atoms with van der Waals surface area (Å²) in [4.78, 5) is 29.0. The van der Waals surface area contributed by atoms with Crippen LogP contribution in [0.4, 0.5) is 8.78 Å². The number of aryl methyl sites for hydroxylation is 1. The van der Waals surface area contributed by atoms with Gasteiger partial charge in [-0.1, -0.05) is 54.1 Å². The Kier molecular flexibility index (Phi) is 9.07. The number of para-hydroxylation sites is 1. The van der Waals surface area contributed by atoms with E-state index >= 15 is 0 Å². The first-order valence-electron chi connectivity index (χ1n) is 12.7. The van der Waals surface area contributed by atoms with Gasteiger partial charge in [0, 0.05) is 24.8 Å². The van der Waals surface area contributed by atoms with Crippen LogP contribution < -0.4 is 10.1 Å². The van der Waals surface area contributed by atoms with Crippen LogP contribution in [-0.2, 0) is 27.3 Å². The summed E-state index contributed by atoms with van der Waals surface area (Å²) >= 11 is 0. The van der Waals surface area contributed by atoms with Crippen LogP contribution >= 0.6 is 0 Å². The second-order valence-electron chi connectivity index (χ2n) is 9.44. The molecule has 0 bridgehead atoms. The molecular formula is C30H32F2N2O4. The molecule has 0 spiro atoms. The molecule has 0 aliphatic carbocycles. The van der Waals surface area contributed by atoms with Crippen LogP contribution in [0.25, 0.3) is 0 Å². The van der Waals surface area contributed by atoms with E-state index in [9.17, 15) is 18.4 Å². The third kappa shape index (κ3) is 6.75. The maximum absolute atomic E-state index is 14.5. The van der Waals surface area contributed by atoms with Crippen molar-refractivity contribution in [3.05, 3.63) is 101 Å². The molecule has 1 N–H and O–H groups in total. The van der Waals surface area contributed by atoms with Crippen LogP contribution in [0.2, 0.25) is 0 Å². The minimum absolute atomic E-state index is 0.0392. The van der Waals surface area contributed by atoms with Gasteiger partial charge in [-0.3, -0.25) is 9.59 Å². The van der Waals surface area contributed by atoms with Crippen molar-refractivity contribution in [2.45, 2.75) is 44.9 Å². The second kappa shape index (κ2) is 12.6. The number of hydrogen-bond donors (Lipinski definition) is 1. The van der Waals surface area contributed by atoms with E-state index in [1.54, 1.807) is 6.07 Å². The van der Waals surface area contributed by atoms with Gasteiger partial charge in [0.2, 0.25) is 11.8 Å². The van der Waals surface area contributed by atoms with Gasteiger partial charge < -0.3 is 19.7 Å². The fraction of sp³-hybridized carbons (Fsp3) is 0.333. The molecule has 0 saturated carbocycles. The van der Waals surface area contributed by atoms with E-state index in [-0.39, 0.29) is 30.5 Å². The highest BCUT2D eigenvalue weighted by Gasteiger charge is 2.33. The van der Waals surface area contributed by atoms with Crippen LogP contribution in [0.15, 0.2) is 66.7 Å². The largest absolute Gasteiger partial charge is 0.496 e. The number of ether oxygens (including phenoxy) is 2. The summed E-state index contributed by atoms with van der Waals surface area (Å²) in [6, 6.07) is 16.7. The molecule has 1 heterocycles. The van der Waals surface area contributed by atoms with Crippen LogP contribution in [-0.4, -0.2) is 43.1 Å². The lowest BCUT2D eigenvalue weighted by Gasteiger charge is -2.32. The van der Waals surface area contributed by atoms with Gasteiger partial charge in [0.1, 0.15) is 23.4 Å². The molecule has 6 nitrogen and oxygen atoms in total. The standard InChI is InChI=1S/C30H32F2N2O4/c1-20-9-11-21(12-10-20)29(30(36)33-18-25-7-5-15-38-25)34(19-23-6-3-4-8-27(23)37-2)28(35)16-22-13-14-24(31)17-26(22)32/h3-4,6,8-14,17,25,29H,5,7,15-16,18-19H2,1-2H3,(H,33,36). The lowest BCUT2D eigenvalue weighted by atomic mass is 10.00. The molecular weight excluding hydrogens is 490 g/mol. The van der Waals surface area contributed by atoms with Gasteiger partial charge in [0.15, 0.2) is 0 Å². The van der Waals surface area contributed by atoms with Gasteiger partial charge in [-0.15, -0.1) is 0 Å². The predicted molar refractivity (Wildman–Crippen MR) is 140 cm³/mol. The van der Waals surface area contributed by atoms with Crippen LogP contribution in [0, 0.1) is 18.6 Å². The fourth-order valence-corrected chi connectivity index (χ4v) is 4.61. The Balaban J connectivity index is 1.71. The summed E-state index contributed by atoms with van der Waals surface area (Å²) in [5.74, 6) is -1.84. The van der Waals surface area contributed by atoms with Crippen molar-refractivity contribution in [1.82, 2.24) is 10.2 Å². The van der Waals surface area contributed by atoms with E-state index in [4.69, 9.17) is 9.47 Å². The summed E-state index contributed by atoms with van der Waals surface area (Å²) < 4.78 is 39.2. The molecule has 2 amide bonds.